The molecule has 2 aromatic heterocycles. The Morgan fingerprint density at radius 1 is 1.35 bits per heavy atom. The maximum atomic E-state index is 12.1. The van der Waals surface area contributed by atoms with Crippen LogP contribution >= 0.6 is 0 Å². The zero-order chi connectivity index (χ0) is 16.4. The number of nitrogens with zero attached hydrogens (tertiary/aromatic N) is 4. The Kier molecular flexibility index (Phi) is 4.03. The Morgan fingerprint density at radius 3 is 2.87 bits per heavy atom. The van der Waals surface area contributed by atoms with Crippen molar-refractivity contribution in [2.24, 2.45) is 5.10 Å². The summed E-state index contributed by atoms with van der Waals surface area (Å²) in [5.41, 5.74) is 7.17. The maximum absolute atomic E-state index is 12.1. The Bertz CT molecular complexity index is 788. The molecule has 0 unspecified atom stereocenters. The van der Waals surface area contributed by atoms with Crippen molar-refractivity contribution in [3.05, 3.63) is 52.6 Å². The van der Waals surface area contributed by atoms with Gasteiger partial charge < -0.3 is 9.88 Å². The van der Waals surface area contributed by atoms with Gasteiger partial charge in [-0.1, -0.05) is 0 Å². The number of aryl methyl sites for hydroxylation is 1. The Labute approximate surface area is 134 Å². The van der Waals surface area contributed by atoms with E-state index in [1.165, 1.54) is 5.56 Å². The van der Waals surface area contributed by atoms with E-state index in [0.29, 0.717) is 17.0 Å². The summed E-state index contributed by atoms with van der Waals surface area (Å²) in [5.74, 6) is -0.243. The van der Waals surface area contributed by atoms with Crippen molar-refractivity contribution in [1.82, 2.24) is 25.5 Å². The first-order valence-corrected chi connectivity index (χ1v) is 7.26. The number of aromatic nitrogens is 3. The lowest BCUT2D eigenvalue weighted by Crippen LogP contribution is -2.14. The van der Waals surface area contributed by atoms with E-state index in [1.54, 1.807) is 24.4 Å². The van der Waals surface area contributed by atoms with Gasteiger partial charge in [0.15, 0.2) is 0 Å². The molecule has 23 heavy (non-hydrogen) atoms. The van der Waals surface area contributed by atoms with Crippen LogP contribution in [0, 0.1) is 6.92 Å². The topological polar surface area (TPSA) is 86.3 Å². The Morgan fingerprint density at radius 2 is 2.17 bits per heavy atom. The van der Waals surface area contributed by atoms with E-state index >= 15 is 0 Å². The van der Waals surface area contributed by atoms with Gasteiger partial charge in [-0.3, -0.25) is 4.79 Å². The van der Waals surface area contributed by atoms with Crippen molar-refractivity contribution >= 4 is 17.7 Å². The molecule has 1 amide bonds. The highest BCUT2D eigenvalue weighted by Gasteiger charge is 2.25. The first-order chi connectivity index (χ1) is 11.0. The van der Waals surface area contributed by atoms with E-state index < -0.39 is 0 Å². The summed E-state index contributed by atoms with van der Waals surface area (Å²) in [6, 6.07) is 5.58. The van der Waals surface area contributed by atoms with Gasteiger partial charge in [-0.15, -0.1) is 5.10 Å². The van der Waals surface area contributed by atoms with Crippen LogP contribution in [0.15, 0.2) is 35.1 Å². The lowest BCUT2D eigenvalue weighted by molar-refractivity contribution is -0.116. The molecule has 7 heteroatoms. The van der Waals surface area contributed by atoms with E-state index in [2.05, 4.69) is 30.6 Å². The van der Waals surface area contributed by atoms with Gasteiger partial charge in [-0.2, -0.15) is 10.2 Å². The number of rotatable bonds is 4. The quantitative estimate of drug-likeness (QED) is 0.828. The molecule has 3 rings (SSSR count). The van der Waals surface area contributed by atoms with Crippen molar-refractivity contribution in [3.63, 3.8) is 0 Å². The minimum atomic E-state index is -0.243. The van der Waals surface area contributed by atoms with E-state index in [9.17, 15) is 4.79 Å². The summed E-state index contributed by atoms with van der Waals surface area (Å²) in [6.07, 6.45) is 3.38. The predicted octanol–water partition coefficient (Wildman–Crippen LogP) is 1.09. The highest BCUT2D eigenvalue weighted by molar-refractivity contribution is 6.32. The van der Waals surface area contributed by atoms with Gasteiger partial charge >= 0.3 is 0 Å². The molecular weight excluding hydrogens is 292 g/mol. The molecule has 3 heterocycles. The van der Waals surface area contributed by atoms with Crippen molar-refractivity contribution in [1.29, 1.82) is 0 Å². The normalized spacial score (nSPS) is 16.1. The summed E-state index contributed by atoms with van der Waals surface area (Å²) < 4.78 is 0. The minimum Gasteiger partial charge on any atom is -0.359 e. The molecule has 0 aliphatic carbocycles. The van der Waals surface area contributed by atoms with Gasteiger partial charge in [0.05, 0.1) is 5.57 Å². The molecule has 0 saturated carbocycles. The first kappa shape index (κ1) is 15.1. The number of hydrogen-bond acceptors (Lipinski definition) is 5. The Balaban J connectivity index is 1.94. The summed E-state index contributed by atoms with van der Waals surface area (Å²) in [4.78, 5) is 17.5. The monoisotopic (exact) mass is 310 g/mol. The third-order valence-corrected chi connectivity index (χ3v) is 3.51. The molecule has 0 atom stereocenters. The average Bonchev–Trinajstić information content (AvgIpc) is 3.04. The maximum Gasteiger partial charge on any atom is 0.273 e. The highest BCUT2D eigenvalue weighted by atomic mass is 16.2. The van der Waals surface area contributed by atoms with Crippen LogP contribution in [0.1, 0.15) is 22.6 Å². The van der Waals surface area contributed by atoms with E-state index in [1.807, 2.05) is 27.1 Å². The minimum absolute atomic E-state index is 0.243. The van der Waals surface area contributed by atoms with Crippen molar-refractivity contribution < 1.29 is 4.79 Å². The fraction of sp³-hybridized carbons (Fsp3) is 0.250. The lowest BCUT2D eigenvalue weighted by Gasteiger charge is -2.07. The van der Waals surface area contributed by atoms with Gasteiger partial charge in [0.2, 0.25) is 0 Å². The third kappa shape index (κ3) is 3.19. The largest absolute Gasteiger partial charge is 0.359 e. The van der Waals surface area contributed by atoms with Crippen molar-refractivity contribution in [3.8, 4) is 0 Å². The summed E-state index contributed by atoms with van der Waals surface area (Å²) in [7, 11) is 4.04. The molecule has 2 N–H and O–H groups in total. The number of amides is 1. The average molecular weight is 310 g/mol. The predicted molar refractivity (Wildman–Crippen MR) is 87.6 cm³/mol. The third-order valence-electron chi connectivity index (χ3n) is 3.51. The molecule has 0 radical (unpaired) electrons. The molecule has 0 spiro atoms. The second-order valence-corrected chi connectivity index (χ2v) is 5.68. The molecule has 118 valence electrons. The zero-order valence-electron chi connectivity index (χ0n) is 13.3. The van der Waals surface area contributed by atoms with Crippen LogP contribution < -0.4 is 5.43 Å². The van der Waals surface area contributed by atoms with E-state index in [4.69, 9.17) is 0 Å². The summed E-state index contributed by atoms with van der Waals surface area (Å²) in [5, 5.41) is 11.9. The number of aromatic amines is 1. The molecular formula is C16H18N6O. The fourth-order valence-corrected chi connectivity index (χ4v) is 2.46. The number of carbonyl (C=O) groups is 1. The molecule has 7 nitrogen and oxygen atoms in total. The van der Waals surface area contributed by atoms with E-state index in [-0.39, 0.29) is 5.91 Å². The first-order valence-electron chi connectivity index (χ1n) is 7.26. The van der Waals surface area contributed by atoms with Gasteiger partial charge in [-0.05, 0) is 50.9 Å². The van der Waals surface area contributed by atoms with Crippen LogP contribution in [-0.4, -0.2) is 45.8 Å². The smallest absolute Gasteiger partial charge is 0.273 e. The number of hydrazone groups is 1. The number of H-pyrrole nitrogens is 1. The fourth-order valence-electron chi connectivity index (χ4n) is 2.46. The second kappa shape index (κ2) is 6.13. The van der Waals surface area contributed by atoms with Crippen molar-refractivity contribution in [2.75, 3.05) is 14.1 Å². The number of nitrogens with one attached hydrogen (secondary N) is 2. The van der Waals surface area contributed by atoms with Gasteiger partial charge in [-0.25, -0.2) is 5.43 Å². The second-order valence-electron chi connectivity index (χ2n) is 5.68. The zero-order valence-corrected chi connectivity index (χ0v) is 13.3. The van der Waals surface area contributed by atoms with Crippen LogP contribution in [0.25, 0.3) is 6.08 Å². The van der Waals surface area contributed by atoms with Crippen LogP contribution in [0.5, 0.6) is 0 Å². The summed E-state index contributed by atoms with van der Waals surface area (Å²) >= 11 is 0. The number of hydrogen-bond donors (Lipinski definition) is 2. The highest BCUT2D eigenvalue weighted by Crippen LogP contribution is 2.18. The van der Waals surface area contributed by atoms with Gasteiger partial charge in [0.25, 0.3) is 5.91 Å². The Hall–Kier alpha value is -2.80. The van der Waals surface area contributed by atoms with Crippen LogP contribution in [-0.2, 0) is 11.3 Å². The standard InChI is InChI=1S/C16H18N6O/c1-10-11(9-22(2)3)7-12(18-10)8-13-15(20-21-16(13)23)14-5-4-6-17-19-14/h4-8,18H,9H2,1-3H3,(H,21,23). The molecule has 1 aliphatic rings. The molecule has 0 fully saturated rings. The number of carbonyl (C=O) groups excluding carboxylic acids is 1. The lowest BCUT2D eigenvalue weighted by atomic mass is 10.1. The van der Waals surface area contributed by atoms with Crippen LogP contribution in [0.4, 0.5) is 0 Å². The molecule has 0 aromatic carbocycles. The molecule has 1 aliphatic heterocycles. The summed E-state index contributed by atoms with van der Waals surface area (Å²) in [6.45, 7) is 2.86. The SMILES string of the molecule is Cc1[nH]c(C=C2C(=O)NN=C2c2cccnn2)cc1CN(C)C. The molecule has 2 aromatic rings. The van der Waals surface area contributed by atoms with Gasteiger partial charge in [0, 0.05) is 24.1 Å². The van der Waals surface area contributed by atoms with Crippen LogP contribution in [0.2, 0.25) is 0 Å². The molecule has 0 bridgehead atoms. The van der Waals surface area contributed by atoms with Crippen LogP contribution in [0.3, 0.4) is 0 Å². The van der Waals surface area contributed by atoms with Gasteiger partial charge in [0.1, 0.15) is 11.4 Å². The molecule has 0 saturated heterocycles. The van der Waals surface area contributed by atoms with Crippen molar-refractivity contribution in [2.45, 2.75) is 13.5 Å². The van der Waals surface area contributed by atoms with E-state index in [0.717, 1.165) is 17.9 Å².